The number of anilines is 2. The second-order valence-corrected chi connectivity index (χ2v) is 13.8. The first kappa shape index (κ1) is 31.1. The first-order chi connectivity index (χ1) is 21.8. The number of nitrogen functional groups attached to an aromatic ring is 1. The molecular formula is C32H42N7O5P. The highest BCUT2D eigenvalue weighted by Gasteiger charge is 2.35. The summed E-state index contributed by atoms with van der Waals surface area (Å²) in [7, 11) is -4.06. The maximum Gasteiger partial charge on any atom is 0.513 e. The number of nitrogens with one attached hydrogen (secondary N) is 2. The summed E-state index contributed by atoms with van der Waals surface area (Å²) in [5.74, 6) is 1.72. The van der Waals surface area contributed by atoms with Gasteiger partial charge in [-0.15, -0.1) is 0 Å². The number of esters is 1. The van der Waals surface area contributed by atoms with Gasteiger partial charge in [0.2, 0.25) is 5.95 Å². The van der Waals surface area contributed by atoms with Crippen molar-refractivity contribution in [3.05, 3.63) is 54.2 Å². The number of hydrogen-bond acceptors (Lipinski definition) is 10. The zero-order chi connectivity index (χ0) is 31.2. The van der Waals surface area contributed by atoms with Gasteiger partial charge in [-0.2, -0.15) is 15.1 Å². The zero-order valence-corrected chi connectivity index (χ0v) is 26.6. The Morgan fingerprint density at radius 2 is 1.91 bits per heavy atom. The highest BCUT2D eigenvalue weighted by atomic mass is 31.2. The van der Waals surface area contributed by atoms with Crippen LogP contribution in [0.25, 0.3) is 11.2 Å². The topological polar surface area (TPSA) is 156 Å². The smallest absolute Gasteiger partial charge is 0.465 e. The Morgan fingerprint density at radius 1 is 1.11 bits per heavy atom. The number of aromatic nitrogens is 4. The molecule has 3 atom stereocenters. The van der Waals surface area contributed by atoms with Gasteiger partial charge in [-0.3, -0.25) is 4.79 Å². The van der Waals surface area contributed by atoms with Gasteiger partial charge in [0.25, 0.3) is 0 Å². The number of benzene rings is 1. The fourth-order valence-electron chi connectivity index (χ4n) is 5.88. The quantitative estimate of drug-likeness (QED) is 0.0775. The van der Waals surface area contributed by atoms with Crippen molar-refractivity contribution in [2.75, 3.05) is 17.7 Å². The van der Waals surface area contributed by atoms with Gasteiger partial charge in [-0.1, -0.05) is 56.0 Å². The number of rotatable bonds is 14. The molecular weight excluding hydrogens is 593 g/mol. The van der Waals surface area contributed by atoms with Crippen LogP contribution >= 0.6 is 7.75 Å². The molecule has 13 heteroatoms. The van der Waals surface area contributed by atoms with E-state index < -0.39 is 19.8 Å². The monoisotopic (exact) mass is 635 g/mol. The average Bonchev–Trinajstić information content (AvgIpc) is 3.76. The van der Waals surface area contributed by atoms with Gasteiger partial charge in [-0.05, 0) is 63.2 Å². The molecule has 12 nitrogen and oxygen atoms in total. The molecule has 6 rings (SSSR count). The number of para-hydroxylation sites is 1. The van der Waals surface area contributed by atoms with Gasteiger partial charge < -0.3 is 29.4 Å². The van der Waals surface area contributed by atoms with E-state index in [1.54, 1.807) is 37.5 Å². The van der Waals surface area contributed by atoms with Crippen LogP contribution in [0, 0.1) is 5.92 Å². The van der Waals surface area contributed by atoms with Gasteiger partial charge in [0.1, 0.15) is 11.8 Å². The zero-order valence-electron chi connectivity index (χ0n) is 25.7. The molecule has 0 spiro atoms. The summed E-state index contributed by atoms with van der Waals surface area (Å²) in [6, 6.07) is 8.06. The van der Waals surface area contributed by atoms with Crippen LogP contribution in [0.5, 0.6) is 5.75 Å². The molecule has 0 radical (unpaired) electrons. The van der Waals surface area contributed by atoms with E-state index in [1.807, 2.05) is 16.7 Å². The van der Waals surface area contributed by atoms with Gasteiger partial charge in [0, 0.05) is 12.5 Å². The van der Waals surface area contributed by atoms with Crippen LogP contribution in [0.4, 0.5) is 11.8 Å². The highest BCUT2D eigenvalue weighted by molar-refractivity contribution is 7.52. The van der Waals surface area contributed by atoms with Crippen LogP contribution in [-0.4, -0.2) is 44.2 Å². The van der Waals surface area contributed by atoms with Crippen LogP contribution in [-0.2, 0) is 18.6 Å². The number of ether oxygens (including phenoxy) is 1. The number of hydrogen-bond donors (Lipinski definition) is 3. The Morgan fingerprint density at radius 3 is 2.64 bits per heavy atom. The second kappa shape index (κ2) is 14.1. The molecule has 0 aliphatic heterocycles. The number of carbonyl (C=O) groups is 1. The van der Waals surface area contributed by atoms with E-state index in [9.17, 15) is 9.36 Å². The molecule has 4 N–H and O–H groups in total. The van der Waals surface area contributed by atoms with Crippen molar-refractivity contribution in [3.63, 3.8) is 0 Å². The summed E-state index contributed by atoms with van der Waals surface area (Å²) in [6.07, 6.45) is 15.0. The molecule has 1 aromatic carbocycles. The third kappa shape index (κ3) is 8.25. The van der Waals surface area contributed by atoms with Gasteiger partial charge in [0.05, 0.1) is 19.0 Å². The molecule has 0 bridgehead atoms. The highest BCUT2D eigenvalue weighted by Crippen LogP contribution is 2.48. The summed E-state index contributed by atoms with van der Waals surface area (Å²) >= 11 is 0. The van der Waals surface area contributed by atoms with E-state index in [-0.39, 0.29) is 12.0 Å². The van der Waals surface area contributed by atoms with Crippen LogP contribution in [0.2, 0.25) is 0 Å². The molecule has 0 saturated heterocycles. The van der Waals surface area contributed by atoms with Crippen molar-refractivity contribution in [2.24, 2.45) is 5.92 Å². The number of carbonyl (C=O) groups excluding carboxylic acids is 1. The number of imidazole rings is 1. The van der Waals surface area contributed by atoms with E-state index in [1.165, 1.54) is 32.1 Å². The minimum absolute atomic E-state index is 0.129. The summed E-state index contributed by atoms with van der Waals surface area (Å²) in [5.41, 5.74) is 10.4. The SMILES string of the molecule is C[C@H](NP(=O)(OC1=C=C[C@H](n2cnc3c(NC4CC4)nc(N)nc32)CC1)Oc1ccccc1)C(=O)OCCCC1CCCCC1. The van der Waals surface area contributed by atoms with Crippen LogP contribution in [0.15, 0.2) is 54.2 Å². The van der Waals surface area contributed by atoms with E-state index in [0.29, 0.717) is 54.0 Å². The minimum Gasteiger partial charge on any atom is -0.465 e. The lowest BCUT2D eigenvalue weighted by Crippen LogP contribution is -2.35. The van der Waals surface area contributed by atoms with Crippen LogP contribution in [0.1, 0.15) is 83.6 Å². The van der Waals surface area contributed by atoms with E-state index in [4.69, 9.17) is 19.5 Å². The third-order valence-corrected chi connectivity index (χ3v) is 10.1. The number of nitrogens with zero attached hydrogens (tertiary/aromatic N) is 4. The van der Waals surface area contributed by atoms with Crippen LogP contribution in [0.3, 0.4) is 0 Å². The van der Waals surface area contributed by atoms with E-state index >= 15 is 0 Å². The molecule has 3 aliphatic carbocycles. The predicted molar refractivity (Wildman–Crippen MR) is 171 cm³/mol. The number of nitrogens with two attached hydrogens (primary N) is 1. The van der Waals surface area contributed by atoms with Crippen molar-refractivity contribution < 1.29 is 23.1 Å². The number of fused-ring (bicyclic) bond motifs is 1. The van der Waals surface area contributed by atoms with E-state index in [2.05, 4.69) is 31.1 Å². The lowest BCUT2D eigenvalue weighted by atomic mass is 9.86. The summed E-state index contributed by atoms with van der Waals surface area (Å²) < 4.78 is 33.3. The number of allylic oxidation sites excluding steroid dienone is 1. The molecule has 1 unspecified atom stereocenters. The lowest BCUT2D eigenvalue weighted by Gasteiger charge is -2.25. The molecule has 3 aromatic rings. The Labute approximate surface area is 263 Å². The molecule has 240 valence electrons. The van der Waals surface area contributed by atoms with E-state index in [0.717, 1.165) is 31.6 Å². The Balaban J connectivity index is 1.12. The maximum absolute atomic E-state index is 14.1. The largest absolute Gasteiger partial charge is 0.513 e. The third-order valence-electron chi connectivity index (χ3n) is 8.45. The molecule has 45 heavy (non-hydrogen) atoms. The minimum atomic E-state index is -4.06. The van der Waals surface area contributed by atoms with Crippen molar-refractivity contribution in [1.29, 1.82) is 0 Å². The fraction of sp³-hybridized carbons (Fsp3) is 0.531. The van der Waals surface area contributed by atoms with Crippen molar-refractivity contribution in [3.8, 4) is 5.75 Å². The van der Waals surface area contributed by atoms with Gasteiger partial charge >= 0.3 is 13.7 Å². The van der Waals surface area contributed by atoms with Crippen molar-refractivity contribution in [1.82, 2.24) is 24.6 Å². The van der Waals surface area contributed by atoms with Crippen molar-refractivity contribution in [2.45, 2.75) is 95.7 Å². The Hall–Kier alpha value is -3.85. The summed E-state index contributed by atoms with van der Waals surface area (Å²) in [6.45, 7) is 1.93. The standard InChI is InChI=1S/C32H42N7O5P/c1-22(31(40)42-20-8-11-23-9-4-2-5-10-23)38-45(41,43-26-12-6-3-7-13-26)44-27-18-16-25(17-19-27)39-21-34-28-29(35-24-14-15-24)36-32(33)37-30(28)39/h3,6-7,12-13,16,21-25H,2,4-5,8-11,14-15,17,19-20H2,1H3,(H,38,41)(H3,33,35,36,37)/t22-,25-,45?/m0/s1. The molecule has 2 fully saturated rings. The average molecular weight is 636 g/mol. The van der Waals surface area contributed by atoms with Gasteiger partial charge in [-0.25, -0.2) is 9.55 Å². The van der Waals surface area contributed by atoms with Crippen molar-refractivity contribution >= 4 is 36.6 Å². The Bertz CT molecular complexity index is 1600. The second-order valence-electron chi connectivity index (χ2n) is 12.2. The molecule has 3 aliphatic rings. The summed E-state index contributed by atoms with van der Waals surface area (Å²) in [4.78, 5) is 26.2. The Kier molecular flexibility index (Phi) is 9.73. The first-order valence-corrected chi connectivity index (χ1v) is 17.6. The van der Waals surface area contributed by atoms with Gasteiger partial charge in [0.15, 0.2) is 22.7 Å². The van der Waals surface area contributed by atoms with Crippen LogP contribution < -0.4 is 20.7 Å². The molecule has 2 aromatic heterocycles. The molecule has 2 saturated carbocycles. The first-order valence-electron chi connectivity index (χ1n) is 16.1. The normalized spacial score (nSPS) is 20.6. The lowest BCUT2D eigenvalue weighted by molar-refractivity contribution is -0.145. The maximum atomic E-state index is 14.1. The summed E-state index contributed by atoms with van der Waals surface area (Å²) in [5, 5.41) is 6.16. The predicted octanol–water partition coefficient (Wildman–Crippen LogP) is 6.44. The molecule has 0 amide bonds. The molecule has 2 heterocycles. The fourth-order valence-corrected chi connectivity index (χ4v) is 7.44.